The SMILES string of the molecule is CCCC(=O)N1CCCC(C(=O)NCC(O)C(C)CC)C1. The number of nitrogens with zero attached hydrogens (tertiary/aromatic N) is 1. The Morgan fingerprint density at radius 1 is 1.38 bits per heavy atom. The van der Waals surface area contributed by atoms with Gasteiger partial charge >= 0.3 is 0 Å². The quantitative estimate of drug-likeness (QED) is 0.749. The fourth-order valence-electron chi connectivity index (χ4n) is 2.61. The van der Waals surface area contributed by atoms with E-state index < -0.39 is 6.10 Å². The molecule has 2 amide bonds. The molecule has 0 aromatic carbocycles. The number of aliphatic hydroxyl groups is 1. The average Bonchev–Trinajstić information content (AvgIpc) is 2.51. The number of piperidine rings is 1. The molecular weight excluding hydrogens is 268 g/mol. The van der Waals surface area contributed by atoms with Crippen molar-refractivity contribution in [2.75, 3.05) is 19.6 Å². The maximum Gasteiger partial charge on any atom is 0.224 e. The van der Waals surface area contributed by atoms with E-state index in [0.717, 1.165) is 32.2 Å². The lowest BCUT2D eigenvalue weighted by Gasteiger charge is -2.32. The zero-order valence-electron chi connectivity index (χ0n) is 13.6. The Morgan fingerprint density at radius 3 is 2.71 bits per heavy atom. The Hall–Kier alpha value is -1.10. The number of aliphatic hydroxyl groups excluding tert-OH is 1. The largest absolute Gasteiger partial charge is 0.391 e. The number of likely N-dealkylation sites (tertiary alicyclic amines) is 1. The molecule has 122 valence electrons. The van der Waals surface area contributed by atoms with Crippen molar-refractivity contribution in [3.8, 4) is 0 Å². The second kappa shape index (κ2) is 9.03. The van der Waals surface area contributed by atoms with E-state index in [1.54, 1.807) is 0 Å². The molecule has 0 saturated carbocycles. The van der Waals surface area contributed by atoms with Crippen LogP contribution in [0.15, 0.2) is 0 Å². The molecule has 5 heteroatoms. The Morgan fingerprint density at radius 2 is 2.10 bits per heavy atom. The minimum absolute atomic E-state index is 0.0358. The molecule has 0 aromatic rings. The Bertz CT molecular complexity index is 346. The monoisotopic (exact) mass is 298 g/mol. The molecule has 0 bridgehead atoms. The predicted molar refractivity (Wildman–Crippen MR) is 82.7 cm³/mol. The van der Waals surface area contributed by atoms with E-state index in [0.29, 0.717) is 19.5 Å². The van der Waals surface area contributed by atoms with Crippen LogP contribution in [0.1, 0.15) is 52.9 Å². The summed E-state index contributed by atoms with van der Waals surface area (Å²) in [6, 6.07) is 0. The van der Waals surface area contributed by atoms with Crippen LogP contribution in [0.3, 0.4) is 0 Å². The van der Waals surface area contributed by atoms with Gasteiger partial charge in [-0.2, -0.15) is 0 Å². The lowest BCUT2D eigenvalue weighted by molar-refractivity contribution is -0.135. The standard InChI is InChI=1S/C16H30N2O3/c1-4-7-15(20)18-9-6-8-13(11-18)16(21)17-10-14(19)12(3)5-2/h12-14,19H,4-11H2,1-3H3,(H,17,21). The van der Waals surface area contributed by atoms with Crippen molar-refractivity contribution in [2.24, 2.45) is 11.8 Å². The highest BCUT2D eigenvalue weighted by atomic mass is 16.3. The number of hydrogen-bond acceptors (Lipinski definition) is 3. The molecule has 1 aliphatic heterocycles. The summed E-state index contributed by atoms with van der Waals surface area (Å²) in [5.74, 6) is 0.156. The highest BCUT2D eigenvalue weighted by Gasteiger charge is 2.28. The van der Waals surface area contributed by atoms with Gasteiger partial charge in [0.05, 0.1) is 12.0 Å². The van der Waals surface area contributed by atoms with Crippen molar-refractivity contribution in [2.45, 2.75) is 59.0 Å². The summed E-state index contributed by atoms with van der Waals surface area (Å²) in [5, 5.41) is 12.7. The summed E-state index contributed by atoms with van der Waals surface area (Å²) in [6.45, 7) is 7.56. The molecule has 0 spiro atoms. The topological polar surface area (TPSA) is 69.6 Å². The van der Waals surface area contributed by atoms with Crippen LogP contribution in [0.4, 0.5) is 0 Å². The van der Waals surface area contributed by atoms with Crippen molar-refractivity contribution in [1.29, 1.82) is 0 Å². The number of carbonyl (C=O) groups excluding carboxylic acids is 2. The maximum atomic E-state index is 12.2. The van der Waals surface area contributed by atoms with Gasteiger partial charge in [0.1, 0.15) is 0 Å². The van der Waals surface area contributed by atoms with Crippen LogP contribution in [-0.2, 0) is 9.59 Å². The Balaban J connectivity index is 2.41. The smallest absolute Gasteiger partial charge is 0.224 e. The van der Waals surface area contributed by atoms with Gasteiger partial charge in [-0.25, -0.2) is 0 Å². The van der Waals surface area contributed by atoms with Crippen molar-refractivity contribution < 1.29 is 14.7 Å². The minimum atomic E-state index is -0.500. The van der Waals surface area contributed by atoms with E-state index in [9.17, 15) is 14.7 Å². The zero-order valence-corrected chi connectivity index (χ0v) is 13.6. The minimum Gasteiger partial charge on any atom is -0.391 e. The summed E-state index contributed by atoms with van der Waals surface area (Å²) in [7, 11) is 0. The molecular formula is C16H30N2O3. The van der Waals surface area contributed by atoms with Gasteiger partial charge < -0.3 is 15.3 Å². The molecule has 1 heterocycles. The molecule has 1 saturated heterocycles. The number of rotatable bonds is 7. The fraction of sp³-hybridized carbons (Fsp3) is 0.875. The second-order valence-electron chi connectivity index (χ2n) is 6.13. The first-order chi connectivity index (χ1) is 9.99. The third kappa shape index (κ3) is 5.65. The fourth-order valence-corrected chi connectivity index (χ4v) is 2.61. The molecule has 1 rings (SSSR count). The van der Waals surface area contributed by atoms with Gasteiger partial charge in [-0.3, -0.25) is 9.59 Å². The highest BCUT2D eigenvalue weighted by molar-refractivity contribution is 5.81. The number of carbonyl (C=O) groups is 2. The lowest BCUT2D eigenvalue weighted by Crippen LogP contribution is -2.47. The number of amides is 2. The van der Waals surface area contributed by atoms with E-state index >= 15 is 0 Å². The van der Waals surface area contributed by atoms with Gasteiger partial charge in [0, 0.05) is 26.1 Å². The van der Waals surface area contributed by atoms with Crippen molar-refractivity contribution in [3.05, 3.63) is 0 Å². The van der Waals surface area contributed by atoms with Crippen LogP contribution in [0.2, 0.25) is 0 Å². The first-order valence-electron chi connectivity index (χ1n) is 8.23. The summed E-state index contributed by atoms with van der Waals surface area (Å²) in [5.41, 5.74) is 0. The second-order valence-corrected chi connectivity index (χ2v) is 6.13. The molecule has 0 radical (unpaired) electrons. The van der Waals surface area contributed by atoms with Crippen LogP contribution in [0.25, 0.3) is 0 Å². The molecule has 1 aliphatic rings. The van der Waals surface area contributed by atoms with Crippen molar-refractivity contribution >= 4 is 11.8 Å². The molecule has 21 heavy (non-hydrogen) atoms. The van der Waals surface area contributed by atoms with Crippen LogP contribution in [0.5, 0.6) is 0 Å². The zero-order chi connectivity index (χ0) is 15.8. The Kier molecular flexibility index (Phi) is 7.72. The molecule has 0 aromatic heterocycles. The van der Waals surface area contributed by atoms with Crippen LogP contribution >= 0.6 is 0 Å². The normalized spacial score (nSPS) is 21.7. The van der Waals surface area contributed by atoms with Crippen molar-refractivity contribution in [1.82, 2.24) is 10.2 Å². The van der Waals surface area contributed by atoms with Gasteiger partial charge in [-0.1, -0.05) is 27.2 Å². The van der Waals surface area contributed by atoms with Crippen LogP contribution in [-0.4, -0.2) is 47.6 Å². The first kappa shape index (κ1) is 18.0. The van der Waals surface area contributed by atoms with E-state index in [4.69, 9.17) is 0 Å². The van der Waals surface area contributed by atoms with Crippen LogP contribution in [0, 0.1) is 11.8 Å². The predicted octanol–water partition coefficient (Wildman–Crippen LogP) is 1.55. The average molecular weight is 298 g/mol. The van der Waals surface area contributed by atoms with Gasteiger partial charge in [0.25, 0.3) is 0 Å². The van der Waals surface area contributed by atoms with Gasteiger partial charge in [0.15, 0.2) is 0 Å². The molecule has 5 nitrogen and oxygen atoms in total. The van der Waals surface area contributed by atoms with Crippen molar-refractivity contribution in [3.63, 3.8) is 0 Å². The summed E-state index contributed by atoms with van der Waals surface area (Å²) < 4.78 is 0. The third-order valence-electron chi connectivity index (χ3n) is 4.39. The first-order valence-corrected chi connectivity index (χ1v) is 8.23. The molecule has 3 unspecified atom stereocenters. The third-order valence-corrected chi connectivity index (χ3v) is 4.39. The van der Waals surface area contributed by atoms with Gasteiger partial charge in [0.2, 0.25) is 11.8 Å². The Labute approximate surface area is 128 Å². The summed E-state index contributed by atoms with van der Waals surface area (Å²) >= 11 is 0. The summed E-state index contributed by atoms with van der Waals surface area (Å²) in [4.78, 5) is 25.9. The van der Waals surface area contributed by atoms with Crippen LogP contribution < -0.4 is 5.32 Å². The van der Waals surface area contributed by atoms with Gasteiger partial charge in [-0.15, -0.1) is 0 Å². The lowest BCUT2D eigenvalue weighted by atomic mass is 9.96. The number of nitrogens with one attached hydrogen (secondary N) is 1. The summed E-state index contributed by atoms with van der Waals surface area (Å²) in [6.07, 6.45) is 3.48. The molecule has 3 atom stereocenters. The van der Waals surface area contributed by atoms with E-state index in [2.05, 4.69) is 5.32 Å². The van der Waals surface area contributed by atoms with E-state index in [1.807, 2.05) is 25.7 Å². The molecule has 1 fully saturated rings. The van der Waals surface area contributed by atoms with E-state index in [-0.39, 0.29) is 23.7 Å². The molecule has 0 aliphatic carbocycles. The highest BCUT2D eigenvalue weighted by Crippen LogP contribution is 2.18. The number of hydrogen-bond donors (Lipinski definition) is 2. The van der Waals surface area contributed by atoms with Gasteiger partial charge in [-0.05, 0) is 25.2 Å². The molecule has 2 N–H and O–H groups in total. The maximum absolute atomic E-state index is 12.2. The van der Waals surface area contributed by atoms with E-state index in [1.165, 1.54) is 0 Å².